The van der Waals surface area contributed by atoms with Crippen molar-refractivity contribution in [2.45, 2.75) is 58.0 Å². The van der Waals surface area contributed by atoms with E-state index < -0.39 is 5.97 Å². The summed E-state index contributed by atoms with van der Waals surface area (Å²) in [6.07, 6.45) is 1.85. The first-order valence-corrected chi connectivity index (χ1v) is 8.73. The quantitative estimate of drug-likeness (QED) is 0.823. The number of hydrogen-bond acceptors (Lipinski definition) is 6. The summed E-state index contributed by atoms with van der Waals surface area (Å²) >= 11 is 0. The maximum Gasteiger partial charge on any atom is 0.317 e. The van der Waals surface area contributed by atoms with Crippen LogP contribution in [0.3, 0.4) is 0 Å². The van der Waals surface area contributed by atoms with E-state index in [2.05, 4.69) is 41.4 Å². The van der Waals surface area contributed by atoms with Gasteiger partial charge in [0, 0.05) is 17.5 Å². The van der Waals surface area contributed by atoms with Gasteiger partial charge in [-0.3, -0.25) is 9.69 Å². The largest absolute Gasteiger partial charge is 0.480 e. The van der Waals surface area contributed by atoms with Crippen molar-refractivity contribution in [3.05, 3.63) is 18.0 Å². The van der Waals surface area contributed by atoms with Crippen molar-refractivity contribution in [1.82, 2.24) is 24.7 Å². The summed E-state index contributed by atoms with van der Waals surface area (Å²) in [6, 6.07) is 4.46. The molecule has 2 aromatic rings. The van der Waals surface area contributed by atoms with Crippen LogP contribution < -0.4 is 5.32 Å². The summed E-state index contributed by atoms with van der Waals surface area (Å²) in [6.45, 7) is 9.12. The van der Waals surface area contributed by atoms with Crippen molar-refractivity contribution < 1.29 is 9.90 Å². The van der Waals surface area contributed by atoms with Crippen LogP contribution in [0.5, 0.6) is 0 Å². The molecular formula is C17H26N6O2. The normalized spacial score (nSPS) is 20.7. The SMILES string of the molecule is CCN(CC(=O)O)C1CC(Nc2ccc3nnc(C(C)(C)C)n3n2)C1. The van der Waals surface area contributed by atoms with Crippen LogP contribution in [0.2, 0.25) is 0 Å². The molecule has 0 spiro atoms. The van der Waals surface area contributed by atoms with E-state index in [-0.39, 0.29) is 12.0 Å². The highest BCUT2D eigenvalue weighted by Gasteiger charge is 2.34. The van der Waals surface area contributed by atoms with Gasteiger partial charge in [-0.15, -0.1) is 15.3 Å². The van der Waals surface area contributed by atoms with Gasteiger partial charge in [0.1, 0.15) is 5.82 Å². The monoisotopic (exact) mass is 346 g/mol. The Labute approximate surface area is 147 Å². The number of fused-ring (bicyclic) bond motifs is 1. The fraction of sp³-hybridized carbons (Fsp3) is 0.647. The lowest BCUT2D eigenvalue weighted by Crippen LogP contribution is -2.51. The third-order valence-corrected chi connectivity index (χ3v) is 4.66. The summed E-state index contributed by atoms with van der Waals surface area (Å²) in [4.78, 5) is 12.9. The van der Waals surface area contributed by atoms with Crippen LogP contribution >= 0.6 is 0 Å². The summed E-state index contributed by atoms with van der Waals surface area (Å²) < 4.78 is 1.79. The van der Waals surface area contributed by atoms with Gasteiger partial charge in [-0.05, 0) is 31.5 Å². The molecule has 1 aliphatic carbocycles. The highest BCUT2D eigenvalue weighted by atomic mass is 16.4. The molecule has 0 aromatic carbocycles. The molecule has 0 saturated heterocycles. The summed E-state index contributed by atoms with van der Waals surface area (Å²) in [5.74, 6) is 0.853. The van der Waals surface area contributed by atoms with E-state index in [4.69, 9.17) is 5.11 Å². The Hall–Kier alpha value is -2.22. The van der Waals surface area contributed by atoms with Crippen LogP contribution in [0.15, 0.2) is 12.1 Å². The highest BCUT2D eigenvalue weighted by Crippen LogP contribution is 2.28. The number of anilines is 1. The highest BCUT2D eigenvalue weighted by molar-refractivity contribution is 5.69. The van der Waals surface area contributed by atoms with Gasteiger partial charge in [0.15, 0.2) is 11.5 Å². The molecule has 2 heterocycles. The number of carbonyl (C=O) groups is 1. The molecule has 136 valence electrons. The molecule has 1 saturated carbocycles. The molecule has 8 nitrogen and oxygen atoms in total. The molecule has 0 amide bonds. The van der Waals surface area contributed by atoms with Crippen molar-refractivity contribution in [2.75, 3.05) is 18.4 Å². The van der Waals surface area contributed by atoms with E-state index in [1.807, 2.05) is 24.0 Å². The zero-order valence-corrected chi connectivity index (χ0v) is 15.2. The Bertz CT molecular complexity index is 760. The summed E-state index contributed by atoms with van der Waals surface area (Å²) in [5.41, 5.74) is 0.603. The Morgan fingerprint density at radius 3 is 2.68 bits per heavy atom. The lowest BCUT2D eigenvalue weighted by molar-refractivity contribution is -0.139. The average molecular weight is 346 g/mol. The predicted octanol–water partition coefficient (Wildman–Crippen LogP) is 1.77. The minimum absolute atomic E-state index is 0.105. The van der Waals surface area contributed by atoms with Crippen LogP contribution in [0.25, 0.3) is 5.65 Å². The van der Waals surface area contributed by atoms with Gasteiger partial charge < -0.3 is 10.4 Å². The Kier molecular flexibility index (Phi) is 4.64. The van der Waals surface area contributed by atoms with Crippen LogP contribution in [0.1, 0.15) is 46.4 Å². The fourth-order valence-corrected chi connectivity index (χ4v) is 3.22. The maximum absolute atomic E-state index is 10.9. The van der Waals surface area contributed by atoms with Crippen molar-refractivity contribution in [3.8, 4) is 0 Å². The van der Waals surface area contributed by atoms with Crippen LogP contribution in [0, 0.1) is 0 Å². The third kappa shape index (κ3) is 3.73. The van der Waals surface area contributed by atoms with Crippen LogP contribution in [-0.2, 0) is 10.2 Å². The van der Waals surface area contributed by atoms with Crippen LogP contribution in [-0.4, -0.2) is 61.0 Å². The van der Waals surface area contributed by atoms with E-state index in [1.54, 1.807) is 4.52 Å². The van der Waals surface area contributed by atoms with E-state index in [0.717, 1.165) is 36.7 Å². The molecule has 0 radical (unpaired) electrons. The Balaban J connectivity index is 1.66. The van der Waals surface area contributed by atoms with Crippen molar-refractivity contribution in [3.63, 3.8) is 0 Å². The molecular weight excluding hydrogens is 320 g/mol. The molecule has 0 bridgehead atoms. The number of hydrogen-bond donors (Lipinski definition) is 2. The number of nitrogens with zero attached hydrogens (tertiary/aromatic N) is 5. The number of likely N-dealkylation sites (N-methyl/N-ethyl adjacent to an activating group) is 1. The summed E-state index contributed by atoms with van der Waals surface area (Å²) in [5, 5.41) is 25.5. The molecule has 0 unspecified atom stereocenters. The van der Waals surface area contributed by atoms with Gasteiger partial charge in [0.25, 0.3) is 0 Å². The van der Waals surface area contributed by atoms with Gasteiger partial charge in [0.2, 0.25) is 0 Å². The first-order valence-electron chi connectivity index (χ1n) is 8.73. The van der Waals surface area contributed by atoms with Gasteiger partial charge in [-0.1, -0.05) is 27.7 Å². The van der Waals surface area contributed by atoms with Gasteiger partial charge in [0.05, 0.1) is 6.54 Å². The molecule has 1 aliphatic rings. The molecule has 0 atom stereocenters. The molecule has 2 aromatic heterocycles. The minimum atomic E-state index is -0.771. The number of aliphatic carboxylic acids is 1. The zero-order chi connectivity index (χ0) is 18.2. The number of carboxylic acids is 1. The Morgan fingerprint density at radius 2 is 2.08 bits per heavy atom. The predicted molar refractivity (Wildman–Crippen MR) is 94.8 cm³/mol. The number of carboxylic acid groups (broad SMARTS) is 1. The zero-order valence-electron chi connectivity index (χ0n) is 15.2. The van der Waals surface area contributed by atoms with Gasteiger partial charge in [-0.2, -0.15) is 4.52 Å². The fourth-order valence-electron chi connectivity index (χ4n) is 3.22. The molecule has 2 N–H and O–H groups in total. The molecule has 0 aliphatic heterocycles. The van der Waals surface area contributed by atoms with E-state index in [0.29, 0.717) is 12.1 Å². The third-order valence-electron chi connectivity index (χ3n) is 4.66. The maximum atomic E-state index is 10.9. The van der Waals surface area contributed by atoms with Gasteiger partial charge in [-0.25, -0.2) is 0 Å². The number of aromatic nitrogens is 4. The second-order valence-electron chi connectivity index (χ2n) is 7.69. The van der Waals surface area contributed by atoms with E-state index >= 15 is 0 Å². The van der Waals surface area contributed by atoms with E-state index in [1.165, 1.54) is 0 Å². The van der Waals surface area contributed by atoms with Crippen molar-refractivity contribution in [1.29, 1.82) is 0 Å². The average Bonchev–Trinajstić information content (AvgIpc) is 2.91. The standard InChI is InChI=1S/C17H26N6O2/c1-5-22(10-15(24)25)12-8-11(9-12)18-13-6-7-14-19-20-16(17(2,3)4)23(14)21-13/h6-7,11-12H,5,8-10H2,1-4H3,(H,18,21)(H,24,25). The summed E-state index contributed by atoms with van der Waals surface area (Å²) in [7, 11) is 0. The van der Waals surface area contributed by atoms with E-state index in [9.17, 15) is 4.79 Å². The first-order chi connectivity index (χ1) is 11.8. The lowest BCUT2D eigenvalue weighted by atomic mass is 9.85. The van der Waals surface area contributed by atoms with Crippen molar-refractivity contribution >= 4 is 17.4 Å². The first kappa shape index (κ1) is 17.6. The Morgan fingerprint density at radius 1 is 1.36 bits per heavy atom. The van der Waals surface area contributed by atoms with Crippen molar-refractivity contribution in [2.24, 2.45) is 0 Å². The minimum Gasteiger partial charge on any atom is -0.480 e. The molecule has 25 heavy (non-hydrogen) atoms. The second-order valence-corrected chi connectivity index (χ2v) is 7.69. The molecule has 3 rings (SSSR count). The lowest BCUT2D eigenvalue weighted by Gasteiger charge is -2.42. The molecule has 8 heteroatoms. The topological polar surface area (TPSA) is 95.7 Å². The van der Waals surface area contributed by atoms with Crippen LogP contribution in [0.4, 0.5) is 5.82 Å². The molecule has 1 fully saturated rings. The number of nitrogens with one attached hydrogen (secondary N) is 1. The van der Waals surface area contributed by atoms with Gasteiger partial charge >= 0.3 is 5.97 Å². The number of rotatable bonds is 6. The smallest absolute Gasteiger partial charge is 0.317 e. The second kappa shape index (κ2) is 6.59.